The minimum absolute atomic E-state index is 0.116. The van der Waals surface area contributed by atoms with Crippen LogP contribution >= 0.6 is 0 Å². The van der Waals surface area contributed by atoms with Gasteiger partial charge < -0.3 is 9.73 Å². The summed E-state index contributed by atoms with van der Waals surface area (Å²) in [5.74, 6) is 1.87. The van der Waals surface area contributed by atoms with E-state index < -0.39 is 0 Å². The Morgan fingerprint density at radius 3 is 2.75 bits per heavy atom. The van der Waals surface area contributed by atoms with Gasteiger partial charge >= 0.3 is 0 Å². The first-order valence-corrected chi connectivity index (χ1v) is 8.84. The van der Waals surface area contributed by atoms with E-state index in [1.54, 1.807) is 4.68 Å². The fourth-order valence-corrected chi connectivity index (χ4v) is 3.44. The van der Waals surface area contributed by atoms with E-state index in [0.717, 1.165) is 31.4 Å². The maximum absolute atomic E-state index is 12.6. The van der Waals surface area contributed by atoms with Gasteiger partial charge in [0.2, 0.25) is 11.8 Å². The summed E-state index contributed by atoms with van der Waals surface area (Å²) in [6, 6.07) is 0. The monoisotopic (exact) mass is 329 g/mol. The van der Waals surface area contributed by atoms with Crippen molar-refractivity contribution in [3.8, 4) is 0 Å². The molecule has 7 heteroatoms. The van der Waals surface area contributed by atoms with E-state index in [4.69, 9.17) is 4.42 Å². The fraction of sp³-hybridized carbons (Fsp3) is 0.647. The van der Waals surface area contributed by atoms with E-state index in [2.05, 4.69) is 20.6 Å². The number of aromatic nitrogens is 4. The van der Waals surface area contributed by atoms with Crippen molar-refractivity contribution in [3.05, 3.63) is 29.2 Å². The van der Waals surface area contributed by atoms with E-state index in [-0.39, 0.29) is 12.5 Å². The number of carbonyl (C=O) groups excluding carboxylic acids is 1. The lowest BCUT2D eigenvalue weighted by Gasteiger charge is -2.20. The van der Waals surface area contributed by atoms with Crippen molar-refractivity contribution in [1.29, 1.82) is 0 Å². The molecule has 2 aromatic heterocycles. The van der Waals surface area contributed by atoms with Gasteiger partial charge in [0, 0.05) is 25.1 Å². The fourth-order valence-electron chi connectivity index (χ4n) is 3.44. The highest BCUT2D eigenvalue weighted by atomic mass is 16.4. The van der Waals surface area contributed by atoms with Gasteiger partial charge in [0.05, 0.1) is 17.8 Å². The van der Waals surface area contributed by atoms with Crippen molar-refractivity contribution in [2.45, 2.75) is 63.3 Å². The Morgan fingerprint density at radius 2 is 2.00 bits per heavy atom. The third kappa shape index (κ3) is 3.20. The summed E-state index contributed by atoms with van der Waals surface area (Å²) in [5, 5.41) is 15.5. The second-order valence-electron chi connectivity index (χ2n) is 6.93. The van der Waals surface area contributed by atoms with Gasteiger partial charge in [-0.05, 0) is 25.7 Å². The maximum atomic E-state index is 12.6. The second kappa shape index (κ2) is 6.37. The van der Waals surface area contributed by atoms with Crippen molar-refractivity contribution in [1.82, 2.24) is 25.3 Å². The molecule has 4 rings (SSSR count). The summed E-state index contributed by atoms with van der Waals surface area (Å²) < 4.78 is 7.32. The quantitative estimate of drug-likeness (QED) is 0.911. The van der Waals surface area contributed by atoms with Crippen LogP contribution in [0.4, 0.5) is 0 Å². The number of carbonyl (C=O) groups is 1. The smallest absolute Gasteiger partial charge is 0.255 e. The van der Waals surface area contributed by atoms with E-state index in [1.807, 2.05) is 13.2 Å². The Balaban J connectivity index is 1.43. The molecule has 128 valence electrons. The topological polar surface area (TPSA) is 85.8 Å². The van der Waals surface area contributed by atoms with Crippen LogP contribution in [0.1, 0.15) is 84.6 Å². The molecule has 24 heavy (non-hydrogen) atoms. The minimum Gasteiger partial charge on any atom is -0.423 e. The Kier molecular flexibility index (Phi) is 4.08. The number of aryl methyl sites for hydroxylation is 1. The van der Waals surface area contributed by atoms with Gasteiger partial charge in [-0.2, -0.15) is 5.10 Å². The van der Waals surface area contributed by atoms with Crippen molar-refractivity contribution >= 4 is 5.91 Å². The van der Waals surface area contributed by atoms with Crippen LogP contribution in [0.5, 0.6) is 0 Å². The molecule has 0 aromatic carbocycles. The molecule has 0 spiro atoms. The molecule has 2 heterocycles. The van der Waals surface area contributed by atoms with Gasteiger partial charge in [-0.25, -0.2) is 0 Å². The minimum atomic E-state index is -0.116. The zero-order valence-corrected chi connectivity index (χ0v) is 14.0. The predicted molar refractivity (Wildman–Crippen MR) is 86.5 cm³/mol. The normalized spacial score (nSPS) is 18.7. The number of hydrogen-bond donors (Lipinski definition) is 1. The summed E-state index contributed by atoms with van der Waals surface area (Å²) in [6.45, 7) is 0.261. The lowest BCUT2D eigenvalue weighted by molar-refractivity contribution is 0.0945. The Bertz CT molecular complexity index is 725. The molecule has 0 bridgehead atoms. The lowest BCUT2D eigenvalue weighted by atomic mass is 9.85. The van der Waals surface area contributed by atoms with Gasteiger partial charge in [-0.15, -0.1) is 10.2 Å². The highest BCUT2D eigenvalue weighted by Crippen LogP contribution is 2.39. The number of amides is 1. The Labute approximate surface area is 140 Å². The maximum Gasteiger partial charge on any atom is 0.255 e. The van der Waals surface area contributed by atoms with Crippen LogP contribution in [0.3, 0.4) is 0 Å². The average Bonchev–Trinajstić information content (AvgIpc) is 3.21. The Hall–Kier alpha value is -2.18. The summed E-state index contributed by atoms with van der Waals surface area (Å²) in [7, 11) is 1.86. The number of nitrogens with one attached hydrogen (secondary N) is 1. The van der Waals surface area contributed by atoms with Gasteiger partial charge in [-0.1, -0.05) is 19.3 Å². The molecule has 2 aliphatic rings. The molecule has 0 unspecified atom stereocenters. The summed E-state index contributed by atoms with van der Waals surface area (Å²) in [4.78, 5) is 12.6. The van der Waals surface area contributed by atoms with Gasteiger partial charge in [-0.3, -0.25) is 9.48 Å². The SMILES string of the molecule is Cn1cc(C(=O)NCc2nnc(C3CC3)o2)c(C2CCCCC2)n1. The van der Waals surface area contributed by atoms with Gasteiger partial charge in [0.25, 0.3) is 5.91 Å². The summed E-state index contributed by atoms with van der Waals surface area (Å²) in [5.41, 5.74) is 1.60. The van der Waals surface area contributed by atoms with E-state index in [9.17, 15) is 4.79 Å². The van der Waals surface area contributed by atoms with Crippen LogP contribution in [-0.2, 0) is 13.6 Å². The molecular formula is C17H23N5O2. The first-order valence-electron chi connectivity index (χ1n) is 8.84. The van der Waals surface area contributed by atoms with Crippen LogP contribution in [0.15, 0.2) is 10.6 Å². The van der Waals surface area contributed by atoms with Crippen LogP contribution in [0.2, 0.25) is 0 Å². The summed E-state index contributed by atoms with van der Waals surface area (Å²) >= 11 is 0. The molecule has 7 nitrogen and oxygen atoms in total. The summed E-state index contributed by atoms with van der Waals surface area (Å²) in [6.07, 6.45) is 10.00. The van der Waals surface area contributed by atoms with Crippen molar-refractivity contribution in [2.75, 3.05) is 0 Å². The molecule has 1 N–H and O–H groups in total. The van der Waals surface area contributed by atoms with Gasteiger partial charge in [0.1, 0.15) is 0 Å². The Morgan fingerprint density at radius 1 is 1.21 bits per heavy atom. The molecule has 0 saturated heterocycles. The molecule has 2 saturated carbocycles. The molecule has 0 aliphatic heterocycles. The molecule has 2 fully saturated rings. The van der Waals surface area contributed by atoms with Crippen LogP contribution in [-0.4, -0.2) is 25.9 Å². The molecule has 0 radical (unpaired) electrons. The standard InChI is InChI=1S/C17H23N5O2/c1-22-10-13(15(21-22)11-5-3-2-4-6-11)16(23)18-9-14-19-20-17(24-14)12-7-8-12/h10-12H,2-9H2,1H3,(H,18,23). The van der Waals surface area contributed by atoms with Crippen LogP contribution in [0.25, 0.3) is 0 Å². The number of nitrogens with zero attached hydrogens (tertiary/aromatic N) is 4. The molecule has 1 amide bonds. The molecule has 0 atom stereocenters. The zero-order chi connectivity index (χ0) is 16.5. The van der Waals surface area contributed by atoms with Crippen LogP contribution < -0.4 is 5.32 Å². The number of hydrogen-bond acceptors (Lipinski definition) is 5. The second-order valence-corrected chi connectivity index (χ2v) is 6.93. The lowest BCUT2D eigenvalue weighted by Crippen LogP contribution is -2.24. The van der Waals surface area contributed by atoms with Gasteiger partial charge in [0.15, 0.2) is 0 Å². The van der Waals surface area contributed by atoms with Crippen molar-refractivity contribution < 1.29 is 9.21 Å². The highest BCUT2D eigenvalue weighted by Gasteiger charge is 2.29. The predicted octanol–water partition coefficient (Wildman–Crippen LogP) is 2.66. The van der Waals surface area contributed by atoms with Crippen molar-refractivity contribution in [2.24, 2.45) is 7.05 Å². The third-order valence-electron chi connectivity index (χ3n) is 4.90. The van der Waals surface area contributed by atoms with Crippen molar-refractivity contribution in [3.63, 3.8) is 0 Å². The average molecular weight is 329 g/mol. The van der Waals surface area contributed by atoms with E-state index >= 15 is 0 Å². The third-order valence-corrected chi connectivity index (χ3v) is 4.90. The first kappa shape index (κ1) is 15.4. The van der Waals surface area contributed by atoms with E-state index in [0.29, 0.717) is 29.2 Å². The van der Waals surface area contributed by atoms with Crippen LogP contribution in [0, 0.1) is 0 Å². The zero-order valence-electron chi connectivity index (χ0n) is 14.0. The number of rotatable bonds is 5. The first-order chi connectivity index (χ1) is 11.7. The molecule has 2 aromatic rings. The molecule has 2 aliphatic carbocycles. The highest BCUT2D eigenvalue weighted by molar-refractivity contribution is 5.95. The van der Waals surface area contributed by atoms with E-state index in [1.165, 1.54) is 19.3 Å². The largest absolute Gasteiger partial charge is 0.423 e. The molecular weight excluding hydrogens is 306 g/mol.